The standard InChI is InChI=1S/C16H22N2O4S/c1-11-10-22-12(2)9-17(11)16(19)14-4-5-15-13(8-14)6-7-18(15)23(3,20)21/h4-5,8,11-12H,6-7,9-10H2,1-3H3/t11-,12+/m0/s1. The SMILES string of the molecule is C[C@@H]1CN(C(=O)c2ccc3c(c2)CCN3S(C)(=O)=O)[C@@H](C)CO1. The van der Waals surface area contributed by atoms with E-state index in [4.69, 9.17) is 4.74 Å². The minimum absolute atomic E-state index is 0.0201. The Labute approximate surface area is 137 Å². The Morgan fingerprint density at radius 3 is 2.74 bits per heavy atom. The van der Waals surface area contributed by atoms with Gasteiger partial charge in [0.05, 0.1) is 30.7 Å². The van der Waals surface area contributed by atoms with Crippen LogP contribution in [0.25, 0.3) is 0 Å². The molecule has 6 nitrogen and oxygen atoms in total. The lowest BCUT2D eigenvalue weighted by Gasteiger charge is -2.37. The second kappa shape index (κ2) is 5.79. The summed E-state index contributed by atoms with van der Waals surface area (Å²) in [6, 6.07) is 5.33. The van der Waals surface area contributed by atoms with Crippen molar-refractivity contribution in [3.05, 3.63) is 29.3 Å². The number of nitrogens with zero attached hydrogens (tertiary/aromatic N) is 2. The minimum atomic E-state index is -3.26. The molecule has 126 valence electrons. The fraction of sp³-hybridized carbons (Fsp3) is 0.562. The summed E-state index contributed by atoms with van der Waals surface area (Å²) in [5.74, 6) is -0.0201. The number of hydrogen-bond donors (Lipinski definition) is 0. The van der Waals surface area contributed by atoms with Crippen LogP contribution in [0.2, 0.25) is 0 Å². The van der Waals surface area contributed by atoms with Gasteiger partial charge in [0.1, 0.15) is 0 Å². The van der Waals surface area contributed by atoms with Crippen LogP contribution in [0.5, 0.6) is 0 Å². The van der Waals surface area contributed by atoms with E-state index in [0.29, 0.717) is 37.4 Å². The number of sulfonamides is 1. The highest BCUT2D eigenvalue weighted by Gasteiger charge is 2.30. The maximum atomic E-state index is 12.8. The van der Waals surface area contributed by atoms with Crippen LogP contribution in [-0.2, 0) is 21.2 Å². The number of anilines is 1. The van der Waals surface area contributed by atoms with Crippen molar-refractivity contribution in [3.63, 3.8) is 0 Å². The zero-order valence-electron chi connectivity index (χ0n) is 13.7. The molecule has 0 aromatic heterocycles. The van der Waals surface area contributed by atoms with Gasteiger partial charge in [0.15, 0.2) is 0 Å². The quantitative estimate of drug-likeness (QED) is 0.814. The molecule has 2 aliphatic rings. The molecule has 0 bridgehead atoms. The second-order valence-corrected chi connectivity index (χ2v) is 8.29. The Morgan fingerprint density at radius 1 is 1.30 bits per heavy atom. The first-order valence-electron chi connectivity index (χ1n) is 7.80. The lowest BCUT2D eigenvalue weighted by atomic mass is 10.1. The molecule has 2 heterocycles. The molecule has 1 amide bonds. The van der Waals surface area contributed by atoms with Crippen molar-refractivity contribution in [2.75, 3.05) is 30.3 Å². The van der Waals surface area contributed by atoms with Crippen LogP contribution >= 0.6 is 0 Å². The molecule has 2 atom stereocenters. The molecule has 1 aromatic carbocycles. The summed E-state index contributed by atoms with van der Waals surface area (Å²) < 4.78 is 30.5. The van der Waals surface area contributed by atoms with E-state index in [0.717, 1.165) is 5.56 Å². The van der Waals surface area contributed by atoms with Gasteiger partial charge in [-0.3, -0.25) is 9.10 Å². The van der Waals surface area contributed by atoms with Crippen LogP contribution in [0.3, 0.4) is 0 Å². The Balaban J connectivity index is 1.87. The van der Waals surface area contributed by atoms with E-state index in [1.807, 2.05) is 24.8 Å². The summed E-state index contributed by atoms with van der Waals surface area (Å²) in [5, 5.41) is 0. The van der Waals surface area contributed by atoms with E-state index in [9.17, 15) is 13.2 Å². The van der Waals surface area contributed by atoms with Crippen molar-refractivity contribution in [1.82, 2.24) is 4.90 Å². The first-order chi connectivity index (χ1) is 10.8. The Bertz CT molecular complexity index is 732. The van der Waals surface area contributed by atoms with Gasteiger partial charge in [-0.1, -0.05) is 0 Å². The predicted octanol–water partition coefficient (Wildman–Crippen LogP) is 1.26. The Kier molecular flexibility index (Phi) is 4.10. The van der Waals surface area contributed by atoms with Crippen molar-refractivity contribution in [1.29, 1.82) is 0 Å². The highest BCUT2D eigenvalue weighted by atomic mass is 32.2. The summed E-state index contributed by atoms with van der Waals surface area (Å²) in [4.78, 5) is 14.6. The van der Waals surface area contributed by atoms with Crippen molar-refractivity contribution < 1.29 is 17.9 Å². The van der Waals surface area contributed by atoms with Crippen LogP contribution in [-0.4, -0.2) is 57.3 Å². The fourth-order valence-electron chi connectivity index (χ4n) is 3.20. The average Bonchev–Trinajstić information content (AvgIpc) is 2.92. The molecule has 0 saturated carbocycles. The third kappa shape index (κ3) is 3.07. The minimum Gasteiger partial charge on any atom is -0.375 e. The molecule has 7 heteroatoms. The van der Waals surface area contributed by atoms with Crippen LogP contribution < -0.4 is 4.31 Å². The lowest BCUT2D eigenvalue weighted by molar-refractivity contribution is -0.0387. The number of fused-ring (bicyclic) bond motifs is 1. The lowest BCUT2D eigenvalue weighted by Crippen LogP contribution is -2.50. The molecular formula is C16H22N2O4S. The van der Waals surface area contributed by atoms with Crippen LogP contribution in [0.15, 0.2) is 18.2 Å². The summed E-state index contributed by atoms with van der Waals surface area (Å²) in [7, 11) is -3.26. The maximum Gasteiger partial charge on any atom is 0.254 e. The molecule has 0 spiro atoms. The van der Waals surface area contributed by atoms with Crippen LogP contribution in [0.4, 0.5) is 5.69 Å². The van der Waals surface area contributed by atoms with Gasteiger partial charge in [0.2, 0.25) is 10.0 Å². The molecular weight excluding hydrogens is 316 g/mol. The summed E-state index contributed by atoms with van der Waals surface area (Å²) in [6.45, 7) is 5.49. The third-order valence-corrected chi connectivity index (χ3v) is 5.63. The van der Waals surface area contributed by atoms with Crippen molar-refractivity contribution in [2.45, 2.75) is 32.4 Å². The molecule has 2 aliphatic heterocycles. The van der Waals surface area contributed by atoms with E-state index in [2.05, 4.69) is 0 Å². The number of ether oxygens (including phenoxy) is 1. The highest BCUT2D eigenvalue weighted by Crippen LogP contribution is 2.31. The van der Waals surface area contributed by atoms with Crippen LogP contribution in [0.1, 0.15) is 29.8 Å². The molecule has 23 heavy (non-hydrogen) atoms. The monoisotopic (exact) mass is 338 g/mol. The molecule has 0 N–H and O–H groups in total. The number of amides is 1. The van der Waals surface area contributed by atoms with Gasteiger partial charge in [-0.25, -0.2) is 8.42 Å². The normalized spacial score (nSPS) is 24.7. The van der Waals surface area contributed by atoms with Gasteiger partial charge in [0, 0.05) is 18.7 Å². The zero-order chi connectivity index (χ0) is 16.8. The number of morpholine rings is 1. The van der Waals surface area contributed by atoms with Crippen molar-refractivity contribution in [2.24, 2.45) is 0 Å². The van der Waals surface area contributed by atoms with Gasteiger partial charge >= 0.3 is 0 Å². The summed E-state index contributed by atoms with van der Waals surface area (Å²) in [5.41, 5.74) is 2.21. The highest BCUT2D eigenvalue weighted by molar-refractivity contribution is 7.92. The molecule has 1 fully saturated rings. The van der Waals surface area contributed by atoms with E-state index in [1.165, 1.54) is 10.6 Å². The zero-order valence-corrected chi connectivity index (χ0v) is 14.5. The fourth-order valence-corrected chi connectivity index (χ4v) is 4.16. The van der Waals surface area contributed by atoms with E-state index < -0.39 is 10.0 Å². The van der Waals surface area contributed by atoms with E-state index in [1.54, 1.807) is 12.1 Å². The number of hydrogen-bond acceptors (Lipinski definition) is 4. The van der Waals surface area contributed by atoms with Crippen LogP contribution in [0, 0.1) is 0 Å². The Hall–Kier alpha value is -1.60. The van der Waals surface area contributed by atoms with Gasteiger partial charge in [-0.15, -0.1) is 0 Å². The van der Waals surface area contributed by atoms with E-state index >= 15 is 0 Å². The molecule has 0 unspecified atom stereocenters. The van der Waals surface area contributed by atoms with Crippen molar-refractivity contribution in [3.8, 4) is 0 Å². The molecule has 3 rings (SSSR count). The number of carbonyl (C=O) groups excluding carboxylic acids is 1. The first kappa shape index (κ1) is 16.3. The molecule has 1 aromatic rings. The molecule has 1 saturated heterocycles. The van der Waals surface area contributed by atoms with E-state index in [-0.39, 0.29) is 18.1 Å². The maximum absolute atomic E-state index is 12.8. The number of rotatable bonds is 2. The smallest absolute Gasteiger partial charge is 0.254 e. The molecule has 0 radical (unpaired) electrons. The first-order valence-corrected chi connectivity index (χ1v) is 9.65. The van der Waals surface area contributed by atoms with Gasteiger partial charge in [0.25, 0.3) is 5.91 Å². The third-order valence-electron chi connectivity index (χ3n) is 4.45. The number of carbonyl (C=O) groups is 1. The average molecular weight is 338 g/mol. The van der Waals surface area contributed by atoms with Gasteiger partial charge < -0.3 is 9.64 Å². The number of benzene rings is 1. The van der Waals surface area contributed by atoms with Gasteiger partial charge in [-0.2, -0.15) is 0 Å². The molecule has 0 aliphatic carbocycles. The Morgan fingerprint density at radius 2 is 2.04 bits per heavy atom. The van der Waals surface area contributed by atoms with Gasteiger partial charge in [-0.05, 0) is 44.0 Å². The largest absolute Gasteiger partial charge is 0.375 e. The van der Waals surface area contributed by atoms with Crippen molar-refractivity contribution >= 4 is 21.6 Å². The second-order valence-electron chi connectivity index (χ2n) is 6.38. The summed E-state index contributed by atoms with van der Waals surface area (Å²) in [6.07, 6.45) is 1.88. The summed E-state index contributed by atoms with van der Waals surface area (Å²) >= 11 is 0. The topological polar surface area (TPSA) is 66.9 Å². The predicted molar refractivity (Wildman–Crippen MR) is 88.2 cm³/mol.